The number of hydrogen-bond acceptors (Lipinski definition) is 2. The van der Waals surface area contributed by atoms with Gasteiger partial charge in [0.1, 0.15) is 0 Å². The second-order valence-electron chi connectivity index (χ2n) is 5.30. The second-order valence-corrected chi connectivity index (χ2v) is 5.30. The largest absolute Gasteiger partial charge is 0.481 e. The lowest BCUT2D eigenvalue weighted by Gasteiger charge is -2.28. The molecule has 1 aliphatic carbocycles. The molecule has 0 aromatic heterocycles. The van der Waals surface area contributed by atoms with Crippen LogP contribution in [0.5, 0.6) is 0 Å². The van der Waals surface area contributed by atoms with Gasteiger partial charge in [-0.2, -0.15) is 0 Å². The van der Waals surface area contributed by atoms with Crippen LogP contribution in [0.1, 0.15) is 52.4 Å². The number of carbonyl (C=O) groups is 1. The molecule has 0 aliphatic heterocycles. The number of nitrogens with zero attached hydrogens (tertiary/aromatic N) is 1. The summed E-state index contributed by atoms with van der Waals surface area (Å²) in [6.45, 7) is 6.25. The van der Waals surface area contributed by atoms with E-state index in [1.165, 1.54) is 32.1 Å². The fraction of sp³-hybridized carbons (Fsp3) is 0.923. The van der Waals surface area contributed by atoms with Gasteiger partial charge >= 0.3 is 5.97 Å². The Morgan fingerprint density at radius 1 is 1.31 bits per heavy atom. The maximum atomic E-state index is 10.6. The standard InChI is InChI=1S/C13H25NO2/c1-11(2)7-9-14(10-8-13(15)16)12-5-3-4-6-12/h11-12H,3-10H2,1-2H3,(H,15,16). The van der Waals surface area contributed by atoms with Crippen LogP contribution in [0, 0.1) is 5.92 Å². The van der Waals surface area contributed by atoms with Gasteiger partial charge in [-0.1, -0.05) is 26.7 Å². The Bertz CT molecular complexity index is 210. The van der Waals surface area contributed by atoms with E-state index >= 15 is 0 Å². The van der Waals surface area contributed by atoms with Crippen molar-refractivity contribution in [2.75, 3.05) is 13.1 Å². The molecule has 0 unspecified atom stereocenters. The topological polar surface area (TPSA) is 40.5 Å². The third-order valence-electron chi connectivity index (χ3n) is 3.45. The molecule has 0 spiro atoms. The van der Waals surface area contributed by atoms with Gasteiger partial charge in [0.25, 0.3) is 0 Å². The van der Waals surface area contributed by atoms with Crippen molar-refractivity contribution in [2.45, 2.75) is 58.4 Å². The molecule has 0 aromatic rings. The first-order valence-electron chi connectivity index (χ1n) is 6.55. The molecule has 1 rings (SSSR count). The highest BCUT2D eigenvalue weighted by Crippen LogP contribution is 2.24. The summed E-state index contributed by atoms with van der Waals surface area (Å²) in [5, 5.41) is 8.76. The van der Waals surface area contributed by atoms with Crippen LogP contribution in [0.2, 0.25) is 0 Å². The molecule has 1 saturated carbocycles. The summed E-state index contributed by atoms with van der Waals surface area (Å²) < 4.78 is 0. The van der Waals surface area contributed by atoms with Gasteiger partial charge in [-0.25, -0.2) is 0 Å². The van der Waals surface area contributed by atoms with Crippen LogP contribution in [0.15, 0.2) is 0 Å². The quantitative estimate of drug-likeness (QED) is 0.727. The second kappa shape index (κ2) is 6.89. The van der Waals surface area contributed by atoms with Gasteiger partial charge in [0.2, 0.25) is 0 Å². The van der Waals surface area contributed by atoms with E-state index in [9.17, 15) is 4.79 Å². The molecule has 0 heterocycles. The van der Waals surface area contributed by atoms with Crippen molar-refractivity contribution in [2.24, 2.45) is 5.92 Å². The summed E-state index contributed by atoms with van der Waals surface area (Å²) in [7, 11) is 0. The van der Waals surface area contributed by atoms with Crippen LogP contribution in [-0.4, -0.2) is 35.1 Å². The van der Waals surface area contributed by atoms with Gasteiger partial charge in [-0.3, -0.25) is 9.69 Å². The van der Waals surface area contributed by atoms with Crippen molar-refractivity contribution in [1.29, 1.82) is 0 Å². The monoisotopic (exact) mass is 227 g/mol. The highest BCUT2D eigenvalue weighted by molar-refractivity contribution is 5.66. The van der Waals surface area contributed by atoms with Gasteiger partial charge in [0, 0.05) is 12.6 Å². The van der Waals surface area contributed by atoms with Crippen LogP contribution in [0.25, 0.3) is 0 Å². The molecular weight excluding hydrogens is 202 g/mol. The number of hydrogen-bond donors (Lipinski definition) is 1. The third kappa shape index (κ3) is 4.97. The molecule has 0 radical (unpaired) electrons. The van der Waals surface area contributed by atoms with E-state index in [-0.39, 0.29) is 6.42 Å². The zero-order chi connectivity index (χ0) is 12.0. The number of aliphatic carboxylic acids is 1. The van der Waals surface area contributed by atoms with Crippen LogP contribution in [0.3, 0.4) is 0 Å². The van der Waals surface area contributed by atoms with Gasteiger partial charge in [-0.15, -0.1) is 0 Å². The molecule has 3 heteroatoms. The van der Waals surface area contributed by atoms with Gasteiger partial charge in [0.15, 0.2) is 0 Å². The predicted octanol–water partition coefficient (Wildman–Crippen LogP) is 2.75. The average Bonchev–Trinajstić information content (AvgIpc) is 2.70. The first-order valence-corrected chi connectivity index (χ1v) is 6.55. The summed E-state index contributed by atoms with van der Waals surface area (Å²) in [5.41, 5.74) is 0. The summed E-state index contributed by atoms with van der Waals surface area (Å²) >= 11 is 0. The minimum atomic E-state index is -0.674. The Morgan fingerprint density at radius 3 is 2.44 bits per heavy atom. The number of rotatable bonds is 7. The minimum absolute atomic E-state index is 0.286. The molecular formula is C13H25NO2. The first-order chi connectivity index (χ1) is 7.59. The van der Waals surface area contributed by atoms with E-state index < -0.39 is 5.97 Å². The summed E-state index contributed by atoms with van der Waals surface area (Å²) in [6.07, 6.45) is 6.62. The third-order valence-corrected chi connectivity index (χ3v) is 3.45. The van der Waals surface area contributed by atoms with Crippen LogP contribution in [-0.2, 0) is 4.79 Å². The van der Waals surface area contributed by atoms with Crippen molar-refractivity contribution in [3.8, 4) is 0 Å². The fourth-order valence-corrected chi connectivity index (χ4v) is 2.41. The lowest BCUT2D eigenvalue weighted by atomic mass is 10.1. The SMILES string of the molecule is CC(C)CCN(CCC(=O)O)C1CCCC1. The summed E-state index contributed by atoms with van der Waals surface area (Å²) in [6, 6.07) is 0.651. The van der Waals surface area contributed by atoms with Crippen LogP contribution in [0.4, 0.5) is 0 Å². The highest BCUT2D eigenvalue weighted by Gasteiger charge is 2.22. The Balaban J connectivity index is 2.36. The van der Waals surface area contributed by atoms with Crippen molar-refractivity contribution < 1.29 is 9.90 Å². The smallest absolute Gasteiger partial charge is 0.304 e. The molecule has 0 bridgehead atoms. The van der Waals surface area contributed by atoms with E-state index in [0.717, 1.165) is 13.1 Å². The van der Waals surface area contributed by atoms with E-state index in [0.29, 0.717) is 12.0 Å². The lowest BCUT2D eigenvalue weighted by Crippen LogP contribution is -2.36. The molecule has 0 saturated heterocycles. The zero-order valence-corrected chi connectivity index (χ0v) is 10.6. The lowest BCUT2D eigenvalue weighted by molar-refractivity contribution is -0.137. The molecule has 3 nitrogen and oxygen atoms in total. The normalized spacial score (nSPS) is 17.5. The van der Waals surface area contributed by atoms with E-state index in [1.807, 2.05) is 0 Å². The van der Waals surface area contributed by atoms with Crippen molar-refractivity contribution >= 4 is 5.97 Å². The average molecular weight is 227 g/mol. The minimum Gasteiger partial charge on any atom is -0.481 e. The van der Waals surface area contributed by atoms with Crippen molar-refractivity contribution in [1.82, 2.24) is 4.90 Å². The molecule has 0 aromatic carbocycles. The molecule has 0 amide bonds. The van der Waals surface area contributed by atoms with E-state index in [1.54, 1.807) is 0 Å². The molecule has 1 fully saturated rings. The number of carboxylic acids is 1. The molecule has 1 N–H and O–H groups in total. The molecule has 1 aliphatic rings. The Hall–Kier alpha value is -0.570. The zero-order valence-electron chi connectivity index (χ0n) is 10.6. The Morgan fingerprint density at radius 2 is 1.94 bits per heavy atom. The molecule has 0 atom stereocenters. The van der Waals surface area contributed by atoms with Crippen molar-refractivity contribution in [3.63, 3.8) is 0 Å². The Labute approximate surface area is 98.8 Å². The summed E-state index contributed by atoms with van der Waals surface area (Å²) in [5.74, 6) is 0.0290. The van der Waals surface area contributed by atoms with Crippen LogP contribution < -0.4 is 0 Å². The molecule has 16 heavy (non-hydrogen) atoms. The van der Waals surface area contributed by atoms with Gasteiger partial charge < -0.3 is 5.11 Å². The van der Waals surface area contributed by atoms with Crippen molar-refractivity contribution in [3.05, 3.63) is 0 Å². The maximum Gasteiger partial charge on any atom is 0.304 e. The predicted molar refractivity (Wildman–Crippen MR) is 65.5 cm³/mol. The van der Waals surface area contributed by atoms with Crippen LogP contribution >= 0.6 is 0 Å². The maximum absolute atomic E-state index is 10.6. The molecule has 94 valence electrons. The fourth-order valence-electron chi connectivity index (χ4n) is 2.41. The first kappa shape index (κ1) is 13.5. The van der Waals surface area contributed by atoms with E-state index in [2.05, 4.69) is 18.7 Å². The summed E-state index contributed by atoms with van der Waals surface area (Å²) in [4.78, 5) is 13.0. The number of carboxylic acid groups (broad SMARTS) is 1. The Kier molecular flexibility index (Phi) is 5.81. The van der Waals surface area contributed by atoms with E-state index in [4.69, 9.17) is 5.11 Å². The van der Waals surface area contributed by atoms with Gasteiger partial charge in [-0.05, 0) is 31.7 Å². The van der Waals surface area contributed by atoms with Gasteiger partial charge in [0.05, 0.1) is 6.42 Å². The highest BCUT2D eigenvalue weighted by atomic mass is 16.4.